The molecule has 3 aromatic heterocycles. The van der Waals surface area contributed by atoms with Crippen LogP contribution in [0.1, 0.15) is 30.5 Å². The number of benzene rings is 1. The van der Waals surface area contributed by atoms with E-state index < -0.39 is 0 Å². The number of piperidine rings is 1. The lowest BCUT2D eigenvalue weighted by atomic mass is 10.1. The third kappa shape index (κ3) is 6.91. The van der Waals surface area contributed by atoms with E-state index in [2.05, 4.69) is 46.2 Å². The second-order valence-electron chi connectivity index (χ2n) is 9.27. The maximum absolute atomic E-state index is 12.5. The summed E-state index contributed by atoms with van der Waals surface area (Å²) >= 11 is 1.35. The molecule has 1 aromatic carbocycles. The largest absolute Gasteiger partial charge is 0.493 e. The van der Waals surface area contributed by atoms with E-state index in [4.69, 9.17) is 15.2 Å². The van der Waals surface area contributed by atoms with Crippen LogP contribution >= 0.6 is 11.3 Å². The number of nitrogens with one attached hydrogen (secondary N) is 2. The van der Waals surface area contributed by atoms with Crippen LogP contribution in [0, 0.1) is 0 Å². The predicted octanol–water partition coefficient (Wildman–Crippen LogP) is 2.22. The lowest BCUT2D eigenvalue weighted by Crippen LogP contribution is -2.39. The van der Waals surface area contributed by atoms with Crippen LogP contribution in [0.3, 0.4) is 0 Å². The van der Waals surface area contributed by atoms with Gasteiger partial charge in [0.1, 0.15) is 0 Å². The van der Waals surface area contributed by atoms with Gasteiger partial charge in [-0.3, -0.25) is 4.79 Å². The monoisotopic (exact) mass is 565 g/mol. The molecule has 5 rings (SSSR count). The first-order valence-electron chi connectivity index (χ1n) is 12.8. The molecule has 0 radical (unpaired) electrons. The van der Waals surface area contributed by atoms with E-state index in [0.717, 1.165) is 48.1 Å². The maximum Gasteiger partial charge on any atom is 0.225 e. The van der Waals surface area contributed by atoms with Gasteiger partial charge in [-0.2, -0.15) is 0 Å². The Morgan fingerprint density at radius 3 is 2.58 bits per heavy atom. The quantitative estimate of drug-likeness (QED) is 0.243. The highest BCUT2D eigenvalue weighted by Gasteiger charge is 2.21. The van der Waals surface area contributed by atoms with E-state index in [1.165, 1.54) is 11.3 Å². The van der Waals surface area contributed by atoms with Crippen molar-refractivity contribution in [1.29, 1.82) is 0 Å². The number of methoxy groups -OCH3 is 2. The summed E-state index contributed by atoms with van der Waals surface area (Å²) in [5, 5.41) is 32.1. The minimum Gasteiger partial charge on any atom is -0.493 e. The van der Waals surface area contributed by atoms with Crippen LogP contribution in [0.2, 0.25) is 0 Å². The molecule has 1 saturated heterocycles. The Balaban J connectivity index is 1.05. The fourth-order valence-electron chi connectivity index (χ4n) is 4.42. The number of hydrogen-bond donors (Lipinski definition) is 3. The Labute approximate surface area is 234 Å². The summed E-state index contributed by atoms with van der Waals surface area (Å²) in [5.41, 5.74) is 7.37. The molecule has 0 atom stereocenters. The van der Waals surface area contributed by atoms with E-state index in [-0.39, 0.29) is 12.3 Å². The minimum absolute atomic E-state index is 0.166. The molecule has 4 aromatic rings. The average Bonchev–Trinajstić information content (AvgIpc) is 3.60. The molecular formula is C25H31N11O3S. The van der Waals surface area contributed by atoms with Crippen LogP contribution in [0.15, 0.2) is 36.5 Å². The topological polar surface area (TPSA) is 171 Å². The summed E-state index contributed by atoms with van der Waals surface area (Å²) in [4.78, 5) is 14.7. The van der Waals surface area contributed by atoms with Crippen LogP contribution in [-0.4, -0.2) is 74.6 Å². The van der Waals surface area contributed by atoms with Gasteiger partial charge in [0, 0.05) is 38.2 Å². The van der Waals surface area contributed by atoms with Crippen molar-refractivity contribution in [2.75, 3.05) is 48.6 Å². The van der Waals surface area contributed by atoms with Gasteiger partial charge in [0.25, 0.3) is 0 Å². The number of aromatic nitrogens is 7. The first-order valence-corrected chi connectivity index (χ1v) is 13.6. The van der Waals surface area contributed by atoms with Gasteiger partial charge >= 0.3 is 0 Å². The molecule has 40 heavy (non-hydrogen) atoms. The second kappa shape index (κ2) is 12.5. The van der Waals surface area contributed by atoms with Gasteiger partial charge in [0.05, 0.1) is 26.5 Å². The number of anilines is 4. The Hall–Kier alpha value is -4.53. The first-order chi connectivity index (χ1) is 19.5. The molecule has 1 aliphatic rings. The number of nitrogen functional groups attached to an aromatic ring is 1. The summed E-state index contributed by atoms with van der Waals surface area (Å²) < 4.78 is 12.4. The van der Waals surface area contributed by atoms with Gasteiger partial charge in [-0.25, -0.2) is 4.68 Å². The Morgan fingerprint density at radius 1 is 1.05 bits per heavy atom. The van der Waals surface area contributed by atoms with E-state index in [1.54, 1.807) is 25.0 Å². The van der Waals surface area contributed by atoms with Crippen molar-refractivity contribution in [3.8, 4) is 11.5 Å². The predicted molar refractivity (Wildman–Crippen MR) is 151 cm³/mol. The summed E-state index contributed by atoms with van der Waals surface area (Å²) in [5.74, 6) is 2.35. The fraction of sp³-hybridized carbons (Fsp3) is 0.400. The zero-order valence-electron chi connectivity index (χ0n) is 22.3. The van der Waals surface area contributed by atoms with Crippen LogP contribution in [0.4, 0.5) is 21.9 Å². The third-order valence-corrected chi connectivity index (χ3v) is 7.18. The van der Waals surface area contributed by atoms with Crippen LogP contribution in [0.25, 0.3) is 0 Å². The van der Waals surface area contributed by atoms with Crippen LogP contribution in [-0.2, 0) is 17.8 Å². The smallest absolute Gasteiger partial charge is 0.225 e. The molecule has 0 aliphatic carbocycles. The number of rotatable bonds is 11. The average molecular weight is 566 g/mol. The van der Waals surface area contributed by atoms with Crippen LogP contribution < -0.4 is 30.7 Å². The molecule has 0 saturated carbocycles. The third-order valence-electron chi connectivity index (χ3n) is 6.49. The highest BCUT2D eigenvalue weighted by molar-refractivity contribution is 7.18. The van der Waals surface area contributed by atoms with Crippen molar-refractivity contribution in [2.24, 2.45) is 0 Å². The van der Waals surface area contributed by atoms with Crippen molar-refractivity contribution in [2.45, 2.75) is 38.3 Å². The Kier molecular flexibility index (Phi) is 8.49. The molecule has 210 valence electrons. The number of carbonyl (C=O) groups excluding carboxylic acids is 1. The van der Waals surface area contributed by atoms with Crippen molar-refractivity contribution >= 4 is 39.1 Å². The number of amides is 1. The molecule has 0 bridgehead atoms. The van der Waals surface area contributed by atoms with Crippen LogP contribution in [0.5, 0.6) is 11.5 Å². The summed E-state index contributed by atoms with van der Waals surface area (Å²) in [6.45, 7) is 2.19. The lowest BCUT2D eigenvalue weighted by Gasteiger charge is -2.32. The molecule has 1 amide bonds. The van der Waals surface area contributed by atoms with Gasteiger partial charge in [0.15, 0.2) is 23.1 Å². The van der Waals surface area contributed by atoms with E-state index in [9.17, 15) is 4.79 Å². The summed E-state index contributed by atoms with van der Waals surface area (Å²) in [6, 6.07) is 9.66. The molecule has 4 N–H and O–H groups in total. The number of ether oxygens (including phenoxy) is 2. The van der Waals surface area contributed by atoms with Gasteiger partial charge in [-0.15, -0.1) is 25.5 Å². The zero-order chi connectivity index (χ0) is 27.9. The van der Waals surface area contributed by atoms with Crippen molar-refractivity contribution in [3.05, 3.63) is 47.8 Å². The highest BCUT2D eigenvalue weighted by Crippen LogP contribution is 2.28. The summed E-state index contributed by atoms with van der Waals surface area (Å²) in [6.07, 6.45) is 4.40. The maximum atomic E-state index is 12.5. The number of aryl methyl sites for hydroxylation is 1. The molecule has 14 nitrogen and oxygen atoms in total. The van der Waals surface area contributed by atoms with Crippen molar-refractivity contribution in [3.63, 3.8) is 0 Å². The number of nitrogens with zero attached hydrogens (tertiary/aromatic N) is 8. The summed E-state index contributed by atoms with van der Waals surface area (Å²) in [7, 11) is 3.20. The Morgan fingerprint density at radius 2 is 1.88 bits per heavy atom. The number of carbonyl (C=O) groups is 1. The molecule has 0 unspecified atom stereocenters. The van der Waals surface area contributed by atoms with Gasteiger partial charge in [0.2, 0.25) is 16.2 Å². The molecule has 1 fully saturated rings. The van der Waals surface area contributed by atoms with E-state index in [1.807, 2.05) is 30.5 Å². The SMILES string of the molecule is COc1ccc(Cn2cc(CCC(=O)Nc3ccc(N4CCC(Nc5nnc(N)s5)CC4)nn3)nn2)cc1OC. The van der Waals surface area contributed by atoms with E-state index >= 15 is 0 Å². The molecule has 4 heterocycles. The Bertz CT molecular complexity index is 1420. The molecule has 0 spiro atoms. The van der Waals surface area contributed by atoms with Gasteiger partial charge in [-0.05, 0) is 42.7 Å². The number of hydrogen-bond acceptors (Lipinski definition) is 13. The minimum atomic E-state index is -0.166. The lowest BCUT2D eigenvalue weighted by molar-refractivity contribution is -0.116. The first kappa shape index (κ1) is 27.1. The highest BCUT2D eigenvalue weighted by atomic mass is 32.1. The normalized spacial score (nSPS) is 13.7. The zero-order valence-corrected chi connectivity index (χ0v) is 23.1. The molecule has 15 heteroatoms. The standard InChI is InChI=1S/C25H31N11O3S/c1-38-19-5-3-16(13-20(19)39-2)14-36-15-18(29-34-36)4-8-23(37)28-21-6-7-22(31-30-21)35-11-9-17(10-12-35)27-25-33-32-24(26)40-25/h3,5-7,13,15,17H,4,8-12,14H2,1-2H3,(H2,26,32)(H,27,33)(H,28,30,37). The fourth-order valence-corrected chi connectivity index (χ4v) is 5.01. The van der Waals surface area contributed by atoms with Crippen molar-refractivity contribution < 1.29 is 14.3 Å². The van der Waals surface area contributed by atoms with Crippen molar-refractivity contribution in [1.82, 2.24) is 35.4 Å². The number of nitrogens with two attached hydrogens (primary N) is 1. The second-order valence-corrected chi connectivity index (χ2v) is 10.3. The molecule has 1 aliphatic heterocycles. The van der Waals surface area contributed by atoms with E-state index in [0.29, 0.717) is 41.5 Å². The van der Waals surface area contributed by atoms with Gasteiger partial charge in [-0.1, -0.05) is 22.6 Å². The van der Waals surface area contributed by atoms with Gasteiger partial charge < -0.3 is 30.7 Å². The molecular weight excluding hydrogens is 534 g/mol.